The number of Topliss-reactive ketones (excluding diaryl/α,β-unsaturated/α-hetero) is 2. The normalized spacial score (nSPS) is 51.4. The van der Waals surface area contributed by atoms with Crippen molar-refractivity contribution in [2.45, 2.75) is 65.4 Å². The molecular formula is C20H28O3. The summed E-state index contributed by atoms with van der Waals surface area (Å²) in [5.74, 6) is 1.04. The molecule has 3 nitrogen and oxygen atoms in total. The van der Waals surface area contributed by atoms with Gasteiger partial charge in [0.05, 0.1) is 0 Å². The van der Waals surface area contributed by atoms with Crippen LogP contribution < -0.4 is 0 Å². The van der Waals surface area contributed by atoms with Crippen LogP contribution in [-0.4, -0.2) is 22.8 Å². The van der Waals surface area contributed by atoms with Gasteiger partial charge in [0.1, 0.15) is 11.9 Å². The van der Waals surface area contributed by atoms with E-state index in [1.54, 1.807) is 0 Å². The van der Waals surface area contributed by atoms with E-state index < -0.39 is 11.5 Å². The predicted octanol–water partition coefficient (Wildman–Crippen LogP) is 3.30. The maximum absolute atomic E-state index is 13.0. The quantitative estimate of drug-likeness (QED) is 0.698. The zero-order chi connectivity index (χ0) is 16.8. The van der Waals surface area contributed by atoms with Gasteiger partial charge in [0.2, 0.25) is 0 Å². The summed E-state index contributed by atoms with van der Waals surface area (Å²) in [6.07, 6.45) is 4.06. The third kappa shape index (κ3) is 1.65. The minimum absolute atomic E-state index is 0.0322. The Labute approximate surface area is 138 Å². The molecule has 0 aromatic heterocycles. The van der Waals surface area contributed by atoms with Crippen molar-refractivity contribution in [1.29, 1.82) is 0 Å². The van der Waals surface area contributed by atoms with E-state index in [9.17, 15) is 14.7 Å². The lowest BCUT2D eigenvalue weighted by atomic mass is 9.36. The molecule has 0 radical (unpaired) electrons. The highest BCUT2D eigenvalue weighted by atomic mass is 16.3. The highest BCUT2D eigenvalue weighted by Crippen LogP contribution is 2.70. The Morgan fingerprint density at radius 1 is 1.13 bits per heavy atom. The first kappa shape index (κ1) is 15.6. The Balaban J connectivity index is 1.81. The Morgan fingerprint density at radius 3 is 2.52 bits per heavy atom. The lowest BCUT2D eigenvalue weighted by molar-refractivity contribution is -0.194. The molecule has 3 heteroatoms. The zero-order valence-electron chi connectivity index (χ0n) is 14.5. The van der Waals surface area contributed by atoms with Crippen LogP contribution in [0.25, 0.3) is 0 Å². The minimum Gasteiger partial charge on any atom is -0.385 e. The molecule has 1 N–H and O–H groups in total. The average molecular weight is 316 g/mol. The van der Waals surface area contributed by atoms with Gasteiger partial charge in [-0.3, -0.25) is 9.59 Å². The Hall–Kier alpha value is -0.960. The van der Waals surface area contributed by atoms with Gasteiger partial charge in [-0.15, -0.1) is 0 Å². The van der Waals surface area contributed by atoms with Gasteiger partial charge in [-0.05, 0) is 49.4 Å². The van der Waals surface area contributed by atoms with Crippen molar-refractivity contribution in [3.05, 3.63) is 12.2 Å². The average Bonchev–Trinajstić information content (AvgIpc) is 2.48. The van der Waals surface area contributed by atoms with Crippen molar-refractivity contribution in [2.24, 2.45) is 34.0 Å². The fraction of sp³-hybridized carbons (Fsp3) is 0.800. The second kappa shape index (κ2) is 4.36. The van der Waals surface area contributed by atoms with E-state index in [0.29, 0.717) is 24.0 Å². The first-order valence-electron chi connectivity index (χ1n) is 9.08. The minimum atomic E-state index is -0.842. The SMILES string of the molecule is C=C1C[C@@]23CC[C@@H]4C(C)(C)C(=O)CC[C@@]4(C)[C@@H]2C[C@@H]1[C@@H](O)C3=O. The summed E-state index contributed by atoms with van der Waals surface area (Å²) in [5.41, 5.74) is 0.406. The highest BCUT2D eigenvalue weighted by molar-refractivity contribution is 5.93. The molecule has 23 heavy (non-hydrogen) atoms. The summed E-state index contributed by atoms with van der Waals surface area (Å²) in [4.78, 5) is 25.5. The number of aliphatic hydroxyl groups excluding tert-OH is 1. The molecule has 0 aliphatic heterocycles. The van der Waals surface area contributed by atoms with Crippen LogP contribution in [0.3, 0.4) is 0 Å². The number of rotatable bonds is 0. The van der Waals surface area contributed by atoms with Gasteiger partial charge in [-0.2, -0.15) is 0 Å². The standard InChI is InChI=1S/C20H28O3/c1-11-10-20-8-5-13-18(2,3)15(21)6-7-19(13,4)14(20)9-12(11)16(22)17(20)23/h12-14,16,22H,1,5-10H2,2-4H3/t12-,13+,14-,16+,19+,20-/m0/s1. The third-order valence-corrected chi connectivity index (χ3v) is 8.32. The molecule has 0 heterocycles. The smallest absolute Gasteiger partial charge is 0.168 e. The van der Waals surface area contributed by atoms with Crippen molar-refractivity contribution >= 4 is 11.6 Å². The Kier molecular flexibility index (Phi) is 2.95. The topological polar surface area (TPSA) is 54.4 Å². The highest BCUT2D eigenvalue weighted by Gasteiger charge is 2.69. The molecule has 5 aliphatic carbocycles. The summed E-state index contributed by atoms with van der Waals surface area (Å²) in [5, 5.41) is 10.4. The molecule has 6 atom stereocenters. The lowest BCUT2D eigenvalue weighted by Crippen LogP contribution is -2.67. The summed E-state index contributed by atoms with van der Waals surface area (Å²) < 4.78 is 0. The number of ketones is 2. The molecular weight excluding hydrogens is 288 g/mol. The van der Waals surface area contributed by atoms with Crippen molar-refractivity contribution in [3.63, 3.8) is 0 Å². The largest absolute Gasteiger partial charge is 0.385 e. The number of hydrogen-bond acceptors (Lipinski definition) is 3. The van der Waals surface area contributed by atoms with Gasteiger partial charge in [0, 0.05) is 23.2 Å². The van der Waals surface area contributed by atoms with Gasteiger partial charge in [0.15, 0.2) is 5.78 Å². The first-order chi connectivity index (χ1) is 10.6. The molecule has 0 amide bonds. The van der Waals surface area contributed by atoms with Crippen LogP contribution in [0.5, 0.6) is 0 Å². The molecule has 0 aromatic rings. The van der Waals surface area contributed by atoms with Crippen LogP contribution in [0.15, 0.2) is 12.2 Å². The van der Waals surface area contributed by atoms with Crippen LogP contribution in [0.1, 0.15) is 59.3 Å². The van der Waals surface area contributed by atoms with E-state index in [1.165, 1.54) is 0 Å². The lowest BCUT2D eigenvalue weighted by Gasteiger charge is -2.67. The predicted molar refractivity (Wildman–Crippen MR) is 87.7 cm³/mol. The summed E-state index contributed by atoms with van der Waals surface area (Å²) in [6, 6.07) is 0. The van der Waals surface area contributed by atoms with Crippen LogP contribution in [-0.2, 0) is 9.59 Å². The number of aliphatic hydroxyl groups is 1. The Morgan fingerprint density at radius 2 is 1.83 bits per heavy atom. The van der Waals surface area contributed by atoms with E-state index in [4.69, 9.17) is 0 Å². The number of carbonyl (C=O) groups is 2. The van der Waals surface area contributed by atoms with E-state index in [2.05, 4.69) is 27.4 Å². The molecule has 2 bridgehead atoms. The van der Waals surface area contributed by atoms with E-state index in [1.807, 2.05) is 0 Å². The molecule has 126 valence electrons. The maximum atomic E-state index is 13.0. The summed E-state index contributed by atoms with van der Waals surface area (Å²) in [7, 11) is 0. The van der Waals surface area contributed by atoms with Crippen molar-refractivity contribution in [2.75, 3.05) is 0 Å². The van der Waals surface area contributed by atoms with Crippen LogP contribution in [0, 0.1) is 34.0 Å². The van der Waals surface area contributed by atoms with Crippen LogP contribution in [0.4, 0.5) is 0 Å². The molecule has 5 saturated carbocycles. The molecule has 5 aliphatic rings. The third-order valence-electron chi connectivity index (χ3n) is 8.32. The van der Waals surface area contributed by atoms with Crippen molar-refractivity contribution < 1.29 is 14.7 Å². The molecule has 0 aromatic carbocycles. The van der Waals surface area contributed by atoms with Crippen LogP contribution >= 0.6 is 0 Å². The van der Waals surface area contributed by atoms with Gasteiger partial charge < -0.3 is 5.11 Å². The number of fused-ring (bicyclic) bond motifs is 3. The van der Waals surface area contributed by atoms with Gasteiger partial charge in [0.25, 0.3) is 0 Å². The summed E-state index contributed by atoms with van der Waals surface area (Å²) >= 11 is 0. The maximum Gasteiger partial charge on any atom is 0.168 e. The number of carbonyl (C=O) groups excluding carboxylic acids is 2. The van der Waals surface area contributed by atoms with Gasteiger partial charge >= 0.3 is 0 Å². The van der Waals surface area contributed by atoms with Crippen molar-refractivity contribution in [3.8, 4) is 0 Å². The Bertz CT molecular complexity index is 618. The summed E-state index contributed by atoms with van der Waals surface area (Å²) in [6.45, 7) is 10.7. The monoisotopic (exact) mass is 316 g/mol. The first-order valence-corrected chi connectivity index (χ1v) is 9.08. The van der Waals surface area contributed by atoms with Gasteiger partial charge in [-0.25, -0.2) is 0 Å². The van der Waals surface area contributed by atoms with E-state index in [-0.39, 0.29) is 22.5 Å². The molecule has 5 fully saturated rings. The number of hydrogen-bond donors (Lipinski definition) is 1. The fourth-order valence-corrected chi connectivity index (χ4v) is 7.09. The molecule has 1 spiro atoms. The van der Waals surface area contributed by atoms with E-state index in [0.717, 1.165) is 37.7 Å². The van der Waals surface area contributed by atoms with E-state index >= 15 is 0 Å². The molecule has 5 rings (SSSR count). The van der Waals surface area contributed by atoms with Crippen LogP contribution in [0.2, 0.25) is 0 Å². The second-order valence-corrected chi connectivity index (χ2v) is 9.44. The van der Waals surface area contributed by atoms with Gasteiger partial charge in [-0.1, -0.05) is 32.9 Å². The fourth-order valence-electron chi connectivity index (χ4n) is 7.09. The second-order valence-electron chi connectivity index (χ2n) is 9.44. The zero-order valence-corrected chi connectivity index (χ0v) is 14.5. The molecule has 0 unspecified atom stereocenters. The molecule has 0 saturated heterocycles. The van der Waals surface area contributed by atoms with Crippen molar-refractivity contribution in [1.82, 2.24) is 0 Å².